The number of aromatic nitrogens is 3. The highest BCUT2D eigenvalue weighted by molar-refractivity contribution is 5.77. The number of aryl methyl sites for hydroxylation is 1. The van der Waals surface area contributed by atoms with Crippen LogP contribution >= 0.6 is 0 Å². The minimum atomic E-state index is -0.324. The predicted molar refractivity (Wildman–Crippen MR) is 75.4 cm³/mol. The van der Waals surface area contributed by atoms with Crippen LogP contribution in [-0.2, 0) is 0 Å². The average molecular weight is 283 g/mol. The van der Waals surface area contributed by atoms with E-state index in [0.29, 0.717) is 22.8 Å². The Labute approximate surface area is 120 Å². The van der Waals surface area contributed by atoms with Crippen molar-refractivity contribution in [2.75, 3.05) is 0 Å². The molecule has 0 aliphatic carbocycles. The van der Waals surface area contributed by atoms with E-state index in [9.17, 15) is 8.78 Å². The molecule has 2 aromatic carbocycles. The number of benzene rings is 2. The first-order valence-electron chi connectivity index (χ1n) is 6.37. The topological polar surface area (TPSA) is 38.7 Å². The summed E-state index contributed by atoms with van der Waals surface area (Å²) in [7, 11) is 0. The summed E-state index contributed by atoms with van der Waals surface area (Å²) in [6.07, 6.45) is 0. The van der Waals surface area contributed by atoms with Gasteiger partial charge in [-0.05, 0) is 55.5 Å². The molecule has 0 aliphatic rings. The van der Waals surface area contributed by atoms with E-state index in [0.717, 1.165) is 5.56 Å². The molecule has 0 amide bonds. The summed E-state index contributed by atoms with van der Waals surface area (Å²) in [5.41, 5.74) is 2.56. The number of rotatable bonds is 2. The van der Waals surface area contributed by atoms with Gasteiger partial charge >= 0.3 is 0 Å². The van der Waals surface area contributed by atoms with Crippen molar-refractivity contribution in [3.05, 3.63) is 66.0 Å². The van der Waals surface area contributed by atoms with Crippen molar-refractivity contribution >= 4 is 0 Å². The highest BCUT2D eigenvalue weighted by Gasteiger charge is 2.12. The van der Waals surface area contributed by atoms with E-state index in [4.69, 9.17) is 0 Å². The first-order valence-corrected chi connectivity index (χ1v) is 6.37. The Bertz CT molecular complexity index is 769. The van der Waals surface area contributed by atoms with E-state index in [2.05, 4.69) is 15.2 Å². The van der Waals surface area contributed by atoms with Gasteiger partial charge < -0.3 is 0 Å². The second kappa shape index (κ2) is 5.36. The lowest BCUT2D eigenvalue weighted by atomic mass is 10.0. The zero-order valence-electron chi connectivity index (χ0n) is 11.2. The second-order valence-corrected chi connectivity index (χ2v) is 4.57. The maximum Gasteiger partial charge on any atom is 0.148 e. The molecule has 3 rings (SSSR count). The zero-order valence-corrected chi connectivity index (χ0v) is 11.2. The van der Waals surface area contributed by atoms with Gasteiger partial charge in [0, 0.05) is 11.1 Å². The molecule has 0 N–H and O–H groups in total. The number of halogens is 2. The molecule has 3 nitrogen and oxygen atoms in total. The summed E-state index contributed by atoms with van der Waals surface area (Å²) < 4.78 is 26.1. The van der Waals surface area contributed by atoms with Gasteiger partial charge in [0.05, 0.1) is 0 Å². The number of hydrogen-bond acceptors (Lipinski definition) is 3. The monoisotopic (exact) mass is 283 g/mol. The van der Waals surface area contributed by atoms with Gasteiger partial charge in [-0.25, -0.2) is 13.8 Å². The van der Waals surface area contributed by atoms with Gasteiger partial charge in [0.2, 0.25) is 0 Å². The van der Waals surface area contributed by atoms with E-state index in [1.54, 1.807) is 31.2 Å². The van der Waals surface area contributed by atoms with E-state index in [-0.39, 0.29) is 11.6 Å². The minimum absolute atomic E-state index is 0.319. The zero-order chi connectivity index (χ0) is 14.8. The van der Waals surface area contributed by atoms with Crippen molar-refractivity contribution in [2.45, 2.75) is 6.92 Å². The first-order chi connectivity index (χ1) is 10.1. The molecule has 104 valence electrons. The Morgan fingerprint density at radius 2 is 1.14 bits per heavy atom. The molecule has 0 saturated carbocycles. The van der Waals surface area contributed by atoms with Gasteiger partial charge in [0.1, 0.15) is 28.8 Å². The predicted octanol–water partition coefficient (Wildman–Crippen LogP) is 3.79. The van der Waals surface area contributed by atoms with Gasteiger partial charge in [-0.3, -0.25) is 0 Å². The fourth-order valence-corrected chi connectivity index (χ4v) is 2.02. The lowest BCUT2D eigenvalue weighted by Crippen LogP contribution is -1.99. The molecule has 21 heavy (non-hydrogen) atoms. The van der Waals surface area contributed by atoms with Crippen molar-refractivity contribution in [1.82, 2.24) is 15.2 Å². The second-order valence-electron chi connectivity index (χ2n) is 4.57. The first kappa shape index (κ1) is 13.3. The summed E-state index contributed by atoms with van der Waals surface area (Å²) in [5, 5.41) is 8.10. The molecule has 0 aliphatic heterocycles. The molecule has 3 aromatic rings. The van der Waals surface area contributed by atoms with Crippen LogP contribution in [0, 0.1) is 18.6 Å². The van der Waals surface area contributed by atoms with Crippen molar-refractivity contribution in [1.29, 1.82) is 0 Å². The van der Waals surface area contributed by atoms with E-state index >= 15 is 0 Å². The summed E-state index contributed by atoms with van der Waals surface area (Å²) in [6, 6.07) is 11.9. The smallest absolute Gasteiger partial charge is 0.148 e. The Morgan fingerprint density at radius 3 is 1.67 bits per heavy atom. The average Bonchev–Trinajstić information content (AvgIpc) is 2.49. The molecule has 0 bridgehead atoms. The molecule has 0 fully saturated rings. The lowest BCUT2D eigenvalue weighted by Gasteiger charge is -2.08. The number of nitrogens with zero attached hydrogens (tertiary/aromatic N) is 3. The molecule has 0 atom stereocenters. The van der Waals surface area contributed by atoms with Crippen molar-refractivity contribution < 1.29 is 8.78 Å². The fraction of sp³-hybridized carbons (Fsp3) is 0.0625. The van der Waals surface area contributed by atoms with Crippen LogP contribution in [0.25, 0.3) is 22.5 Å². The summed E-state index contributed by atoms with van der Waals surface area (Å²) in [4.78, 5) is 4.38. The molecule has 0 spiro atoms. The highest BCUT2D eigenvalue weighted by Crippen LogP contribution is 2.28. The van der Waals surface area contributed by atoms with E-state index < -0.39 is 0 Å². The quantitative estimate of drug-likeness (QED) is 0.718. The largest absolute Gasteiger partial charge is 0.229 e. The molecular weight excluding hydrogens is 272 g/mol. The molecular formula is C16H11F2N3. The normalized spacial score (nSPS) is 10.6. The Kier molecular flexibility index (Phi) is 3.39. The maximum atomic E-state index is 13.1. The van der Waals surface area contributed by atoms with Gasteiger partial charge in [-0.15, -0.1) is 10.2 Å². The van der Waals surface area contributed by atoms with Crippen molar-refractivity contribution in [3.63, 3.8) is 0 Å². The molecule has 0 unspecified atom stereocenters. The Hall–Kier alpha value is -2.69. The maximum absolute atomic E-state index is 13.1. The van der Waals surface area contributed by atoms with Crippen LogP contribution in [0.15, 0.2) is 48.5 Å². The minimum Gasteiger partial charge on any atom is -0.229 e. The van der Waals surface area contributed by atoms with E-state index in [1.807, 2.05) is 0 Å². The molecule has 0 saturated heterocycles. The van der Waals surface area contributed by atoms with Gasteiger partial charge in [0.15, 0.2) is 0 Å². The van der Waals surface area contributed by atoms with E-state index in [1.165, 1.54) is 24.3 Å². The third-order valence-corrected chi connectivity index (χ3v) is 3.03. The Morgan fingerprint density at radius 1 is 0.667 bits per heavy atom. The summed E-state index contributed by atoms with van der Waals surface area (Å²) in [5.74, 6) is -0.129. The van der Waals surface area contributed by atoms with Crippen LogP contribution in [0.4, 0.5) is 8.78 Å². The van der Waals surface area contributed by atoms with Crippen LogP contribution in [0.2, 0.25) is 0 Å². The highest BCUT2D eigenvalue weighted by atomic mass is 19.1. The Balaban J connectivity index is 2.17. The molecule has 5 heteroatoms. The van der Waals surface area contributed by atoms with Gasteiger partial charge in [0.25, 0.3) is 0 Å². The van der Waals surface area contributed by atoms with Gasteiger partial charge in [-0.2, -0.15) is 0 Å². The van der Waals surface area contributed by atoms with Crippen LogP contribution in [0.5, 0.6) is 0 Å². The van der Waals surface area contributed by atoms with Crippen molar-refractivity contribution in [3.8, 4) is 22.5 Å². The summed E-state index contributed by atoms with van der Waals surface area (Å²) in [6.45, 7) is 1.73. The van der Waals surface area contributed by atoms with Crippen molar-refractivity contribution in [2.24, 2.45) is 0 Å². The van der Waals surface area contributed by atoms with Crippen LogP contribution in [0.3, 0.4) is 0 Å². The van der Waals surface area contributed by atoms with Crippen LogP contribution in [0.1, 0.15) is 5.82 Å². The molecule has 1 heterocycles. The number of hydrogen-bond donors (Lipinski definition) is 0. The lowest BCUT2D eigenvalue weighted by molar-refractivity contribution is 0.627. The fourth-order valence-electron chi connectivity index (χ4n) is 2.02. The van der Waals surface area contributed by atoms with Gasteiger partial charge in [-0.1, -0.05) is 0 Å². The third kappa shape index (κ3) is 2.76. The van der Waals surface area contributed by atoms with Crippen LogP contribution in [-0.4, -0.2) is 15.2 Å². The van der Waals surface area contributed by atoms with Crippen LogP contribution < -0.4 is 0 Å². The standard InChI is InChI=1S/C16H11F2N3/c1-10-19-15(11-2-6-13(17)7-3-11)16(21-20-10)12-4-8-14(18)9-5-12/h2-9H,1H3. The summed E-state index contributed by atoms with van der Waals surface area (Å²) >= 11 is 0. The molecule has 1 aromatic heterocycles. The third-order valence-electron chi connectivity index (χ3n) is 3.03. The molecule has 0 radical (unpaired) electrons. The SMILES string of the molecule is Cc1nnc(-c2ccc(F)cc2)c(-c2ccc(F)cc2)n1.